The first-order valence-corrected chi connectivity index (χ1v) is 8.64. The molecule has 1 N–H and O–H groups in total. The van der Waals surface area contributed by atoms with Crippen LogP contribution in [0.5, 0.6) is 11.5 Å². The topological polar surface area (TPSA) is 64.6 Å². The van der Waals surface area contributed by atoms with E-state index in [1.807, 2.05) is 39.0 Å². The molecule has 0 radical (unpaired) electrons. The van der Waals surface area contributed by atoms with Gasteiger partial charge in [-0.3, -0.25) is 9.59 Å². The summed E-state index contributed by atoms with van der Waals surface area (Å²) in [7, 11) is 1.61. The first kappa shape index (κ1) is 19.5. The number of benzene rings is 2. The largest absolute Gasteiger partial charge is 0.496 e. The molecule has 0 bridgehead atoms. The van der Waals surface area contributed by atoms with Crippen LogP contribution >= 0.6 is 0 Å². The van der Waals surface area contributed by atoms with E-state index in [0.29, 0.717) is 17.7 Å². The maximum atomic E-state index is 12.2. The van der Waals surface area contributed by atoms with Gasteiger partial charge in [0.05, 0.1) is 13.2 Å². The van der Waals surface area contributed by atoms with Crippen LogP contribution in [0.15, 0.2) is 42.5 Å². The lowest BCUT2D eigenvalue weighted by molar-refractivity contribution is -0.123. The first-order chi connectivity index (χ1) is 12.4. The second-order valence-electron chi connectivity index (χ2n) is 6.12. The van der Waals surface area contributed by atoms with Gasteiger partial charge in [-0.15, -0.1) is 0 Å². The van der Waals surface area contributed by atoms with Crippen molar-refractivity contribution in [3.05, 3.63) is 59.2 Å². The molecular formula is C21H25NO4. The van der Waals surface area contributed by atoms with Gasteiger partial charge in [-0.1, -0.05) is 24.6 Å². The number of hydrogen-bond donors (Lipinski definition) is 1. The summed E-state index contributed by atoms with van der Waals surface area (Å²) in [6.45, 7) is 5.62. The van der Waals surface area contributed by atoms with E-state index >= 15 is 0 Å². The standard InChI is InChI=1S/C21H25NO4/c1-5-19(23)16-7-9-17(10-8-16)26-13-21(24)22-15(3)18-12-14(2)6-11-20(18)25-4/h6-12,15H,5,13H2,1-4H3,(H,22,24). The van der Waals surface area contributed by atoms with E-state index in [2.05, 4.69) is 5.32 Å². The van der Waals surface area contributed by atoms with Gasteiger partial charge in [0, 0.05) is 17.5 Å². The van der Waals surface area contributed by atoms with Crippen molar-refractivity contribution in [1.82, 2.24) is 5.32 Å². The zero-order valence-corrected chi connectivity index (χ0v) is 15.7. The zero-order chi connectivity index (χ0) is 19.1. The van der Waals surface area contributed by atoms with Gasteiger partial charge in [0.1, 0.15) is 11.5 Å². The summed E-state index contributed by atoms with van der Waals surface area (Å²) in [5, 5.41) is 2.91. The van der Waals surface area contributed by atoms with Gasteiger partial charge in [-0.2, -0.15) is 0 Å². The number of amides is 1. The lowest BCUT2D eigenvalue weighted by atomic mass is 10.0. The summed E-state index contributed by atoms with van der Waals surface area (Å²) < 4.78 is 10.9. The maximum absolute atomic E-state index is 12.2. The minimum absolute atomic E-state index is 0.0789. The van der Waals surface area contributed by atoms with E-state index in [1.54, 1.807) is 31.4 Å². The van der Waals surface area contributed by atoms with Gasteiger partial charge < -0.3 is 14.8 Å². The number of Topliss-reactive ketones (excluding diaryl/α,β-unsaturated/α-hetero) is 1. The van der Waals surface area contributed by atoms with Crippen LogP contribution in [-0.2, 0) is 4.79 Å². The number of carbonyl (C=O) groups is 2. The zero-order valence-electron chi connectivity index (χ0n) is 15.7. The van der Waals surface area contributed by atoms with Crippen LogP contribution in [0.4, 0.5) is 0 Å². The first-order valence-electron chi connectivity index (χ1n) is 8.64. The van der Waals surface area contributed by atoms with Gasteiger partial charge >= 0.3 is 0 Å². The van der Waals surface area contributed by atoms with Crippen LogP contribution in [-0.4, -0.2) is 25.4 Å². The number of ether oxygens (including phenoxy) is 2. The summed E-state index contributed by atoms with van der Waals surface area (Å²) in [4.78, 5) is 23.8. The van der Waals surface area contributed by atoms with Gasteiger partial charge in [0.25, 0.3) is 5.91 Å². The van der Waals surface area contributed by atoms with Crippen LogP contribution in [0.25, 0.3) is 0 Å². The van der Waals surface area contributed by atoms with Crippen molar-refractivity contribution in [3.63, 3.8) is 0 Å². The highest BCUT2D eigenvalue weighted by molar-refractivity contribution is 5.95. The van der Waals surface area contributed by atoms with Crippen molar-refractivity contribution in [2.24, 2.45) is 0 Å². The fourth-order valence-electron chi connectivity index (χ4n) is 2.64. The Hall–Kier alpha value is -2.82. The summed E-state index contributed by atoms with van der Waals surface area (Å²) in [6, 6.07) is 12.5. The lowest BCUT2D eigenvalue weighted by Crippen LogP contribution is -2.31. The highest BCUT2D eigenvalue weighted by Crippen LogP contribution is 2.26. The molecule has 26 heavy (non-hydrogen) atoms. The summed E-state index contributed by atoms with van der Waals surface area (Å²) in [6.07, 6.45) is 0.461. The molecule has 0 saturated heterocycles. The number of carbonyl (C=O) groups excluding carboxylic acids is 2. The van der Waals surface area contributed by atoms with Gasteiger partial charge in [-0.25, -0.2) is 0 Å². The molecule has 2 aromatic rings. The highest BCUT2D eigenvalue weighted by Gasteiger charge is 2.15. The summed E-state index contributed by atoms with van der Waals surface area (Å²) in [5.41, 5.74) is 2.66. The van der Waals surface area contributed by atoms with Crippen molar-refractivity contribution < 1.29 is 19.1 Å². The molecule has 2 rings (SSSR count). The Morgan fingerprint density at radius 3 is 2.42 bits per heavy atom. The minimum atomic E-state index is -0.227. The molecule has 0 saturated carbocycles. The van der Waals surface area contributed by atoms with Crippen molar-refractivity contribution in [3.8, 4) is 11.5 Å². The average molecular weight is 355 g/mol. The van der Waals surface area contributed by atoms with Gasteiger partial charge in [0.15, 0.2) is 12.4 Å². The Morgan fingerprint density at radius 1 is 1.12 bits per heavy atom. The molecule has 5 heteroatoms. The second-order valence-corrected chi connectivity index (χ2v) is 6.12. The molecule has 2 aromatic carbocycles. The molecule has 0 fully saturated rings. The van der Waals surface area contributed by atoms with Gasteiger partial charge in [0.2, 0.25) is 0 Å². The number of aryl methyl sites for hydroxylation is 1. The molecule has 0 heterocycles. The van der Waals surface area contributed by atoms with E-state index in [1.165, 1.54) is 0 Å². The fraction of sp³-hybridized carbons (Fsp3) is 0.333. The molecule has 138 valence electrons. The van der Waals surface area contributed by atoms with Crippen molar-refractivity contribution in [2.75, 3.05) is 13.7 Å². The van der Waals surface area contributed by atoms with Crippen LogP contribution in [0.1, 0.15) is 47.8 Å². The quantitative estimate of drug-likeness (QED) is 0.731. The van der Waals surface area contributed by atoms with Crippen molar-refractivity contribution in [1.29, 1.82) is 0 Å². The number of ketones is 1. The van der Waals surface area contributed by atoms with Crippen LogP contribution in [0, 0.1) is 6.92 Å². The Labute approximate surface area is 154 Å². The normalized spacial score (nSPS) is 11.5. The molecule has 0 aliphatic rings. The molecule has 0 aliphatic carbocycles. The summed E-state index contributed by atoms with van der Waals surface area (Å²) >= 11 is 0. The smallest absolute Gasteiger partial charge is 0.258 e. The molecule has 1 amide bonds. The third-order valence-corrected chi connectivity index (χ3v) is 4.10. The van der Waals surface area contributed by atoms with Gasteiger partial charge in [-0.05, 0) is 44.2 Å². The molecule has 0 aliphatic heterocycles. The van der Waals surface area contributed by atoms with E-state index in [9.17, 15) is 9.59 Å². The highest BCUT2D eigenvalue weighted by atomic mass is 16.5. The van der Waals surface area contributed by atoms with Crippen molar-refractivity contribution in [2.45, 2.75) is 33.2 Å². The predicted molar refractivity (Wildman–Crippen MR) is 101 cm³/mol. The summed E-state index contributed by atoms with van der Waals surface area (Å²) in [5.74, 6) is 1.14. The average Bonchev–Trinajstić information content (AvgIpc) is 2.66. The molecule has 0 aromatic heterocycles. The number of hydrogen-bond acceptors (Lipinski definition) is 4. The number of nitrogens with one attached hydrogen (secondary N) is 1. The molecular weight excluding hydrogens is 330 g/mol. The number of rotatable bonds is 8. The van der Waals surface area contributed by atoms with E-state index < -0.39 is 0 Å². The minimum Gasteiger partial charge on any atom is -0.496 e. The lowest BCUT2D eigenvalue weighted by Gasteiger charge is -2.18. The Bertz CT molecular complexity index is 768. The van der Waals surface area contributed by atoms with Crippen molar-refractivity contribution >= 4 is 11.7 Å². The molecule has 1 atom stereocenters. The molecule has 5 nitrogen and oxygen atoms in total. The SMILES string of the molecule is CCC(=O)c1ccc(OCC(=O)NC(C)c2cc(C)ccc2OC)cc1. The van der Waals surface area contributed by atoms with Crippen LogP contribution < -0.4 is 14.8 Å². The Balaban J connectivity index is 1.92. The van der Waals surface area contributed by atoms with Crippen LogP contribution in [0.3, 0.4) is 0 Å². The number of methoxy groups -OCH3 is 1. The Morgan fingerprint density at radius 2 is 1.81 bits per heavy atom. The predicted octanol–water partition coefficient (Wildman–Crippen LogP) is 3.85. The third kappa shape index (κ3) is 5.09. The van der Waals surface area contributed by atoms with Crippen LogP contribution in [0.2, 0.25) is 0 Å². The third-order valence-electron chi connectivity index (χ3n) is 4.10. The second kappa shape index (κ2) is 9.04. The fourth-order valence-corrected chi connectivity index (χ4v) is 2.64. The monoisotopic (exact) mass is 355 g/mol. The molecule has 1 unspecified atom stereocenters. The Kier molecular flexibility index (Phi) is 6.78. The maximum Gasteiger partial charge on any atom is 0.258 e. The van der Waals surface area contributed by atoms with E-state index in [-0.39, 0.29) is 24.3 Å². The van der Waals surface area contributed by atoms with E-state index in [0.717, 1.165) is 16.9 Å². The van der Waals surface area contributed by atoms with E-state index in [4.69, 9.17) is 9.47 Å². The molecule has 0 spiro atoms.